The molecule has 1 saturated heterocycles. The zero-order valence-corrected chi connectivity index (χ0v) is 19.0. The number of sulfonamides is 1. The summed E-state index contributed by atoms with van der Waals surface area (Å²) in [5.41, 5.74) is 0.476. The van der Waals surface area contributed by atoms with Crippen molar-refractivity contribution in [2.45, 2.75) is 44.6 Å². The Morgan fingerprint density at radius 3 is 2.53 bits per heavy atom. The summed E-state index contributed by atoms with van der Waals surface area (Å²) in [5, 5.41) is 0. The van der Waals surface area contributed by atoms with E-state index in [1.807, 2.05) is 25.1 Å². The summed E-state index contributed by atoms with van der Waals surface area (Å²) in [6.07, 6.45) is 5.30. The van der Waals surface area contributed by atoms with Crippen LogP contribution in [-0.2, 0) is 14.8 Å². The standard InChI is InChI=1S/C21H32N2O6S/c1-21(13-22-30(4,25)26)14-23(20(24)28-3)12-17(21)15-9-10-18(27-2)19(11-15)29-16-7-5-6-8-16/h9-11,16-17,22H,5-8,12-14H2,1-4H3/t17?,21-/m0/s1. The molecule has 2 atom stereocenters. The summed E-state index contributed by atoms with van der Waals surface area (Å²) >= 11 is 0. The molecular weight excluding hydrogens is 408 g/mol. The number of benzene rings is 1. The van der Waals surface area contributed by atoms with Gasteiger partial charge in [-0.05, 0) is 43.4 Å². The minimum absolute atomic E-state index is 0.0947. The van der Waals surface area contributed by atoms with Crippen LogP contribution in [0.25, 0.3) is 0 Å². The average Bonchev–Trinajstić information content (AvgIpc) is 3.33. The van der Waals surface area contributed by atoms with Crippen LogP contribution in [0.2, 0.25) is 0 Å². The Morgan fingerprint density at radius 1 is 1.23 bits per heavy atom. The largest absolute Gasteiger partial charge is 0.493 e. The highest BCUT2D eigenvalue weighted by molar-refractivity contribution is 7.88. The summed E-state index contributed by atoms with van der Waals surface area (Å²) < 4.78 is 42.7. The molecule has 1 N–H and O–H groups in total. The summed E-state index contributed by atoms with van der Waals surface area (Å²) in [5.74, 6) is 1.27. The van der Waals surface area contributed by atoms with Crippen molar-refractivity contribution in [1.82, 2.24) is 9.62 Å². The number of amides is 1. The van der Waals surface area contributed by atoms with Gasteiger partial charge in [0.25, 0.3) is 0 Å². The zero-order chi connectivity index (χ0) is 21.9. The molecule has 168 valence electrons. The third-order valence-electron chi connectivity index (χ3n) is 6.15. The molecule has 1 aliphatic carbocycles. The van der Waals surface area contributed by atoms with E-state index in [1.54, 1.807) is 12.0 Å². The van der Waals surface area contributed by atoms with E-state index in [2.05, 4.69) is 4.72 Å². The summed E-state index contributed by atoms with van der Waals surface area (Å²) in [6.45, 7) is 3.02. The number of hydrogen-bond acceptors (Lipinski definition) is 6. The Hall–Kier alpha value is -2.00. The van der Waals surface area contributed by atoms with Gasteiger partial charge >= 0.3 is 6.09 Å². The fourth-order valence-electron chi connectivity index (χ4n) is 4.49. The van der Waals surface area contributed by atoms with Crippen LogP contribution in [0.15, 0.2) is 18.2 Å². The summed E-state index contributed by atoms with van der Waals surface area (Å²) in [7, 11) is -0.396. The Morgan fingerprint density at radius 2 is 1.93 bits per heavy atom. The highest BCUT2D eigenvalue weighted by Crippen LogP contribution is 2.45. The number of hydrogen-bond donors (Lipinski definition) is 1. The number of nitrogens with zero attached hydrogens (tertiary/aromatic N) is 1. The van der Waals surface area contributed by atoms with Crippen molar-refractivity contribution < 1.29 is 27.4 Å². The molecule has 1 aliphatic heterocycles. The average molecular weight is 441 g/mol. The second kappa shape index (κ2) is 9.01. The monoisotopic (exact) mass is 440 g/mol. The number of carbonyl (C=O) groups excluding carboxylic acids is 1. The number of nitrogens with one attached hydrogen (secondary N) is 1. The van der Waals surface area contributed by atoms with Gasteiger partial charge in [-0.2, -0.15) is 0 Å². The van der Waals surface area contributed by atoms with Crippen molar-refractivity contribution in [3.63, 3.8) is 0 Å². The molecule has 0 aromatic heterocycles. The third-order valence-corrected chi connectivity index (χ3v) is 6.82. The van der Waals surface area contributed by atoms with Crippen LogP contribution >= 0.6 is 0 Å². The Bertz CT molecular complexity index is 868. The van der Waals surface area contributed by atoms with Gasteiger partial charge in [0.05, 0.1) is 26.6 Å². The van der Waals surface area contributed by atoms with Crippen molar-refractivity contribution in [3.05, 3.63) is 23.8 Å². The molecule has 0 spiro atoms. The fraction of sp³-hybridized carbons (Fsp3) is 0.667. The van der Waals surface area contributed by atoms with Crippen molar-refractivity contribution in [3.8, 4) is 11.5 Å². The lowest BCUT2D eigenvalue weighted by atomic mass is 9.76. The van der Waals surface area contributed by atoms with Crippen LogP contribution in [0.5, 0.6) is 11.5 Å². The molecule has 1 unspecified atom stereocenters. The molecule has 1 heterocycles. The Kier molecular flexibility index (Phi) is 6.81. The number of carbonyl (C=O) groups is 1. The maximum absolute atomic E-state index is 12.2. The fourth-order valence-corrected chi connectivity index (χ4v) is 5.08. The number of likely N-dealkylation sites (tertiary alicyclic amines) is 1. The van der Waals surface area contributed by atoms with E-state index in [4.69, 9.17) is 14.2 Å². The topological polar surface area (TPSA) is 94.2 Å². The second-order valence-electron chi connectivity index (χ2n) is 8.59. The molecule has 9 heteroatoms. The number of ether oxygens (including phenoxy) is 3. The molecule has 2 aliphatic rings. The summed E-state index contributed by atoms with van der Waals surface area (Å²) in [4.78, 5) is 13.8. The van der Waals surface area contributed by atoms with Crippen molar-refractivity contribution in [2.24, 2.45) is 5.41 Å². The first kappa shape index (κ1) is 22.7. The number of methoxy groups -OCH3 is 2. The lowest BCUT2D eigenvalue weighted by Crippen LogP contribution is -2.40. The minimum Gasteiger partial charge on any atom is -0.493 e. The third kappa shape index (κ3) is 5.18. The van der Waals surface area contributed by atoms with Crippen LogP contribution in [0, 0.1) is 5.41 Å². The second-order valence-corrected chi connectivity index (χ2v) is 10.4. The van der Waals surface area contributed by atoms with Crippen LogP contribution in [-0.4, -0.2) is 65.6 Å². The van der Waals surface area contributed by atoms with Gasteiger partial charge in [-0.1, -0.05) is 13.0 Å². The van der Waals surface area contributed by atoms with Gasteiger partial charge < -0.3 is 19.1 Å². The van der Waals surface area contributed by atoms with Crippen molar-refractivity contribution in [1.29, 1.82) is 0 Å². The first-order chi connectivity index (χ1) is 14.1. The molecule has 8 nitrogen and oxygen atoms in total. The van der Waals surface area contributed by atoms with E-state index in [-0.39, 0.29) is 18.6 Å². The predicted octanol–water partition coefficient (Wildman–Crippen LogP) is 2.74. The molecule has 1 aromatic carbocycles. The molecule has 0 radical (unpaired) electrons. The highest BCUT2D eigenvalue weighted by atomic mass is 32.2. The minimum atomic E-state index is -3.36. The van der Waals surface area contributed by atoms with Crippen LogP contribution < -0.4 is 14.2 Å². The first-order valence-electron chi connectivity index (χ1n) is 10.3. The van der Waals surface area contributed by atoms with Crippen LogP contribution in [0.4, 0.5) is 4.79 Å². The van der Waals surface area contributed by atoms with E-state index in [0.717, 1.165) is 24.7 Å². The van der Waals surface area contributed by atoms with Gasteiger partial charge in [0.1, 0.15) is 0 Å². The maximum atomic E-state index is 12.2. The van der Waals surface area contributed by atoms with Crippen LogP contribution in [0.1, 0.15) is 44.1 Å². The molecule has 1 amide bonds. The van der Waals surface area contributed by atoms with Crippen molar-refractivity contribution in [2.75, 3.05) is 40.1 Å². The van der Waals surface area contributed by atoms with Crippen molar-refractivity contribution >= 4 is 16.1 Å². The molecule has 30 heavy (non-hydrogen) atoms. The Labute approximate surface area is 178 Å². The molecule has 1 saturated carbocycles. The van der Waals surface area contributed by atoms with Gasteiger partial charge in [-0.3, -0.25) is 0 Å². The van der Waals surface area contributed by atoms with Gasteiger partial charge in [-0.25, -0.2) is 17.9 Å². The van der Waals surface area contributed by atoms with Crippen LogP contribution in [0.3, 0.4) is 0 Å². The highest BCUT2D eigenvalue weighted by Gasteiger charge is 2.46. The van der Waals surface area contributed by atoms with Gasteiger partial charge in [0.2, 0.25) is 10.0 Å². The zero-order valence-electron chi connectivity index (χ0n) is 18.1. The van der Waals surface area contributed by atoms with E-state index in [0.29, 0.717) is 24.6 Å². The Balaban J connectivity index is 1.91. The molecule has 3 rings (SSSR count). The molecule has 2 fully saturated rings. The van der Waals surface area contributed by atoms with Gasteiger partial charge in [0.15, 0.2) is 11.5 Å². The van der Waals surface area contributed by atoms with E-state index in [9.17, 15) is 13.2 Å². The summed E-state index contributed by atoms with van der Waals surface area (Å²) in [6, 6.07) is 5.82. The smallest absolute Gasteiger partial charge is 0.409 e. The maximum Gasteiger partial charge on any atom is 0.409 e. The normalized spacial score (nSPS) is 24.8. The van der Waals surface area contributed by atoms with E-state index >= 15 is 0 Å². The first-order valence-corrected chi connectivity index (χ1v) is 12.2. The molecular formula is C21H32N2O6S. The quantitative estimate of drug-likeness (QED) is 0.701. The molecule has 0 bridgehead atoms. The van der Waals surface area contributed by atoms with E-state index < -0.39 is 21.5 Å². The SMILES string of the molecule is COC(=O)N1CC(c2ccc(OC)c(OC3CCCC3)c2)[C@@](C)(CNS(C)(=O)=O)C1. The predicted molar refractivity (Wildman–Crippen MR) is 114 cm³/mol. The van der Waals surface area contributed by atoms with Gasteiger partial charge in [0, 0.05) is 31.0 Å². The number of rotatable bonds is 7. The molecule has 1 aromatic rings. The lowest BCUT2D eigenvalue weighted by molar-refractivity contribution is 0.128. The lowest BCUT2D eigenvalue weighted by Gasteiger charge is -2.31. The van der Waals surface area contributed by atoms with E-state index in [1.165, 1.54) is 20.0 Å². The van der Waals surface area contributed by atoms with Gasteiger partial charge in [-0.15, -0.1) is 0 Å².